The van der Waals surface area contributed by atoms with Crippen LogP contribution in [0.4, 0.5) is 24.5 Å². The Morgan fingerprint density at radius 2 is 1.92 bits per heavy atom. The normalized spacial score (nSPS) is 13.6. The van der Waals surface area contributed by atoms with E-state index in [1.165, 1.54) is 12.3 Å². The van der Waals surface area contributed by atoms with Crippen LogP contribution in [-0.4, -0.2) is 26.7 Å². The molecule has 0 bridgehead atoms. The van der Waals surface area contributed by atoms with Crippen molar-refractivity contribution in [3.63, 3.8) is 0 Å². The van der Waals surface area contributed by atoms with Crippen molar-refractivity contribution in [1.29, 1.82) is 0 Å². The third-order valence-electron chi connectivity index (χ3n) is 6.09. The van der Waals surface area contributed by atoms with Gasteiger partial charge in [-0.15, -0.1) is 5.53 Å². The second-order valence-corrected chi connectivity index (χ2v) is 9.61. The summed E-state index contributed by atoms with van der Waals surface area (Å²) >= 11 is 6.07. The number of rotatable bonds is 7. The Labute approximate surface area is 223 Å². The molecule has 202 valence electrons. The molecular weight excluding hydrogens is 521 g/mol. The third kappa shape index (κ3) is 5.77. The zero-order chi connectivity index (χ0) is 27.8. The number of aromatic nitrogens is 3. The maximum absolute atomic E-state index is 13.7. The zero-order valence-corrected chi connectivity index (χ0v) is 22.2. The first-order chi connectivity index (χ1) is 17.8. The molecule has 0 aliphatic carbocycles. The Bertz CT molecular complexity index is 1400. The summed E-state index contributed by atoms with van der Waals surface area (Å²) in [6.07, 6.45) is 0.225. The van der Waals surface area contributed by atoms with E-state index in [2.05, 4.69) is 31.7 Å². The van der Waals surface area contributed by atoms with Gasteiger partial charge in [-0.2, -0.15) is 18.3 Å². The van der Waals surface area contributed by atoms with Crippen LogP contribution >= 0.6 is 11.6 Å². The van der Waals surface area contributed by atoms with Crippen molar-refractivity contribution in [2.24, 2.45) is 7.05 Å². The monoisotopic (exact) mass is 548 g/mol. The van der Waals surface area contributed by atoms with Gasteiger partial charge in [0.1, 0.15) is 0 Å². The quantitative estimate of drug-likeness (QED) is 0.340. The van der Waals surface area contributed by atoms with E-state index in [9.17, 15) is 18.0 Å². The fraction of sp³-hybridized carbons (Fsp3) is 0.320. The highest BCUT2D eigenvalue weighted by Gasteiger charge is 2.35. The van der Waals surface area contributed by atoms with Crippen molar-refractivity contribution in [1.82, 2.24) is 31.0 Å². The van der Waals surface area contributed by atoms with Crippen molar-refractivity contribution in [3.8, 4) is 0 Å². The van der Waals surface area contributed by atoms with E-state index in [0.29, 0.717) is 11.4 Å². The molecule has 1 aromatic carbocycles. The highest BCUT2D eigenvalue weighted by Crippen LogP contribution is 2.38. The number of hydrogen-bond donors (Lipinski definition) is 4. The molecule has 4 N–H and O–H groups in total. The number of carbonyl (C=O) groups is 1. The molecule has 2 aromatic heterocycles. The summed E-state index contributed by atoms with van der Waals surface area (Å²) in [5, 5.41) is 11.1. The van der Waals surface area contributed by atoms with Crippen LogP contribution in [0.25, 0.3) is 5.70 Å². The Kier molecular flexibility index (Phi) is 7.68. The van der Waals surface area contributed by atoms with Gasteiger partial charge in [0.25, 0.3) is 5.91 Å². The van der Waals surface area contributed by atoms with Gasteiger partial charge in [-0.1, -0.05) is 25.4 Å². The maximum atomic E-state index is 13.7. The van der Waals surface area contributed by atoms with Gasteiger partial charge >= 0.3 is 6.18 Å². The second-order valence-electron chi connectivity index (χ2n) is 9.23. The molecule has 0 atom stereocenters. The number of hydrazine groups is 2. The van der Waals surface area contributed by atoms with Gasteiger partial charge in [0.05, 0.1) is 39.4 Å². The number of alkyl halides is 3. The molecule has 9 nitrogen and oxygen atoms in total. The SMILES string of the molecule is Cc1ncc(C(=O)Nc2cc(CNC(C)C)c(Cl)c(C(F)(F)F)c2)cc1N1C=C(c2cnn(C)c2C)NN1. The predicted molar refractivity (Wildman–Crippen MR) is 140 cm³/mol. The summed E-state index contributed by atoms with van der Waals surface area (Å²) in [5.41, 5.74) is 9.27. The van der Waals surface area contributed by atoms with Gasteiger partial charge in [0.15, 0.2) is 0 Å². The Morgan fingerprint density at radius 3 is 2.55 bits per heavy atom. The fourth-order valence-corrected chi connectivity index (χ4v) is 4.13. The molecule has 38 heavy (non-hydrogen) atoms. The minimum absolute atomic E-state index is 0.0235. The first kappa shape index (κ1) is 27.4. The molecule has 0 saturated carbocycles. The lowest BCUT2D eigenvalue weighted by Gasteiger charge is -2.19. The maximum Gasteiger partial charge on any atom is 0.417 e. The molecule has 0 radical (unpaired) electrons. The molecule has 0 spiro atoms. The van der Waals surface area contributed by atoms with Crippen molar-refractivity contribution in [2.45, 2.75) is 46.5 Å². The van der Waals surface area contributed by atoms with Crippen LogP contribution < -0.4 is 26.6 Å². The summed E-state index contributed by atoms with van der Waals surface area (Å²) in [7, 11) is 1.85. The highest BCUT2D eigenvalue weighted by atomic mass is 35.5. The van der Waals surface area contributed by atoms with Gasteiger partial charge in [-0.3, -0.25) is 19.5 Å². The number of nitrogens with zero attached hydrogens (tertiary/aromatic N) is 4. The number of halogens is 4. The average molecular weight is 549 g/mol. The summed E-state index contributed by atoms with van der Waals surface area (Å²) in [4.78, 5) is 17.4. The molecule has 0 fully saturated rings. The lowest BCUT2D eigenvalue weighted by Crippen LogP contribution is -2.36. The number of benzene rings is 1. The first-order valence-electron chi connectivity index (χ1n) is 11.8. The van der Waals surface area contributed by atoms with Crippen LogP contribution in [0.5, 0.6) is 0 Å². The topological polar surface area (TPSA) is 99.1 Å². The first-order valence-corrected chi connectivity index (χ1v) is 12.2. The molecule has 1 aliphatic heterocycles. The predicted octanol–water partition coefficient (Wildman–Crippen LogP) is 4.68. The van der Waals surface area contributed by atoms with Crippen LogP contribution in [0, 0.1) is 13.8 Å². The van der Waals surface area contributed by atoms with Crippen molar-refractivity contribution >= 4 is 34.6 Å². The minimum Gasteiger partial charge on any atom is -0.322 e. The molecule has 1 amide bonds. The Balaban J connectivity index is 1.61. The van der Waals surface area contributed by atoms with Gasteiger partial charge in [0.2, 0.25) is 0 Å². The van der Waals surface area contributed by atoms with Crippen molar-refractivity contribution < 1.29 is 18.0 Å². The fourth-order valence-electron chi connectivity index (χ4n) is 3.84. The summed E-state index contributed by atoms with van der Waals surface area (Å²) in [6.45, 7) is 7.57. The molecule has 3 heterocycles. The van der Waals surface area contributed by atoms with E-state index in [4.69, 9.17) is 11.6 Å². The van der Waals surface area contributed by atoms with E-state index < -0.39 is 22.7 Å². The Morgan fingerprint density at radius 1 is 1.18 bits per heavy atom. The lowest BCUT2D eigenvalue weighted by atomic mass is 10.1. The molecule has 0 saturated heterocycles. The van der Waals surface area contributed by atoms with E-state index in [1.807, 2.05) is 27.8 Å². The summed E-state index contributed by atoms with van der Waals surface area (Å²) < 4.78 is 42.7. The third-order valence-corrected chi connectivity index (χ3v) is 6.53. The van der Waals surface area contributed by atoms with Crippen LogP contribution in [0.2, 0.25) is 5.02 Å². The van der Waals surface area contributed by atoms with Crippen LogP contribution in [0.1, 0.15) is 52.3 Å². The van der Waals surface area contributed by atoms with E-state index in [-0.39, 0.29) is 29.4 Å². The smallest absolute Gasteiger partial charge is 0.322 e. The highest BCUT2D eigenvalue weighted by molar-refractivity contribution is 6.32. The summed E-state index contributed by atoms with van der Waals surface area (Å²) in [6, 6.07) is 3.90. The van der Waals surface area contributed by atoms with Crippen LogP contribution in [-0.2, 0) is 19.8 Å². The van der Waals surface area contributed by atoms with Crippen LogP contribution in [0.15, 0.2) is 36.8 Å². The van der Waals surface area contributed by atoms with Gasteiger partial charge in [-0.05, 0) is 37.6 Å². The van der Waals surface area contributed by atoms with Gasteiger partial charge < -0.3 is 16.1 Å². The standard InChI is InChI=1S/C25H28ClF3N8O/c1-13(2)30-9-16-6-18(8-20(23(16)26)25(27,28)29)33-24(38)17-7-22(14(3)31-10-17)37-12-21(34-35-37)19-11-32-36(5)15(19)4/h6-8,10-13,30,34-35H,9H2,1-5H3,(H,33,38). The molecule has 13 heteroatoms. The number of hydrogen-bond acceptors (Lipinski definition) is 7. The number of pyridine rings is 1. The number of carbonyl (C=O) groups excluding carboxylic acids is 1. The Hall–Kier alpha value is -3.61. The molecule has 0 unspecified atom stereocenters. The minimum atomic E-state index is -4.69. The molecular formula is C25H28ClF3N8O. The number of anilines is 2. The van der Waals surface area contributed by atoms with E-state index in [1.54, 1.807) is 35.1 Å². The zero-order valence-electron chi connectivity index (χ0n) is 21.5. The van der Waals surface area contributed by atoms with E-state index >= 15 is 0 Å². The average Bonchev–Trinajstić information content (AvgIpc) is 3.45. The van der Waals surface area contributed by atoms with Gasteiger partial charge in [0, 0.05) is 49.0 Å². The van der Waals surface area contributed by atoms with Crippen molar-refractivity contribution in [3.05, 3.63) is 75.5 Å². The lowest BCUT2D eigenvalue weighted by molar-refractivity contribution is -0.137. The molecule has 3 aromatic rings. The number of aryl methyl sites for hydroxylation is 2. The van der Waals surface area contributed by atoms with Crippen molar-refractivity contribution in [2.75, 3.05) is 10.3 Å². The second kappa shape index (κ2) is 10.6. The molecule has 4 rings (SSSR count). The van der Waals surface area contributed by atoms with E-state index in [0.717, 1.165) is 23.0 Å². The number of nitrogens with one attached hydrogen (secondary N) is 4. The van der Waals surface area contributed by atoms with Gasteiger partial charge in [-0.25, -0.2) is 0 Å². The summed E-state index contributed by atoms with van der Waals surface area (Å²) in [5.74, 6) is -0.614. The largest absolute Gasteiger partial charge is 0.417 e. The number of amides is 1. The molecule has 1 aliphatic rings. The van der Waals surface area contributed by atoms with Crippen LogP contribution in [0.3, 0.4) is 0 Å².